The summed E-state index contributed by atoms with van der Waals surface area (Å²) in [5, 5.41) is 4.56. The Morgan fingerprint density at radius 2 is 1.58 bits per heavy atom. The first-order valence-corrected chi connectivity index (χ1v) is 7.40. The molecule has 0 N–H and O–H groups in total. The van der Waals surface area contributed by atoms with Crippen LogP contribution in [0.4, 0.5) is 0 Å². The molecule has 0 fully saturated rings. The van der Waals surface area contributed by atoms with Crippen molar-refractivity contribution in [2.75, 3.05) is 28.4 Å². The minimum absolute atomic E-state index is 0.342. The van der Waals surface area contributed by atoms with E-state index < -0.39 is 0 Å². The molecule has 2 aromatic heterocycles. The molecule has 0 bridgehead atoms. The van der Waals surface area contributed by atoms with Crippen molar-refractivity contribution in [2.24, 2.45) is 0 Å². The lowest BCUT2D eigenvalue weighted by Crippen LogP contribution is -1.97. The van der Waals surface area contributed by atoms with Crippen LogP contribution >= 0.6 is 11.6 Å². The molecule has 0 aliphatic rings. The number of hydrogen-bond donors (Lipinski definition) is 0. The number of aromatic nitrogens is 3. The number of halogens is 1. The second-order valence-corrected chi connectivity index (χ2v) is 5.20. The average molecular weight is 350 g/mol. The van der Waals surface area contributed by atoms with Crippen LogP contribution in [-0.2, 0) is 0 Å². The number of rotatable bonds is 5. The molecule has 2 heterocycles. The number of imidazole rings is 1. The van der Waals surface area contributed by atoms with Gasteiger partial charge in [0.05, 0.1) is 28.4 Å². The Morgan fingerprint density at radius 3 is 2.12 bits per heavy atom. The Morgan fingerprint density at radius 1 is 0.917 bits per heavy atom. The third-order valence-electron chi connectivity index (χ3n) is 3.54. The molecule has 0 aliphatic heterocycles. The first kappa shape index (κ1) is 16.2. The summed E-state index contributed by atoms with van der Waals surface area (Å²) in [5.41, 5.74) is 1.94. The third-order valence-corrected chi connectivity index (χ3v) is 3.74. The highest BCUT2D eigenvalue weighted by atomic mass is 35.5. The zero-order valence-electron chi connectivity index (χ0n) is 13.7. The largest absolute Gasteiger partial charge is 0.493 e. The molecule has 0 saturated carbocycles. The Labute approximate surface area is 143 Å². The van der Waals surface area contributed by atoms with Gasteiger partial charge in [0.25, 0.3) is 0 Å². The van der Waals surface area contributed by atoms with Crippen molar-refractivity contribution in [3.63, 3.8) is 0 Å². The number of methoxy groups -OCH3 is 4. The van der Waals surface area contributed by atoms with E-state index in [9.17, 15) is 0 Å². The SMILES string of the molecule is COc1cc(-c2nc3ccc(Cl)nn3c2OC)cc(OC)c1OC. The van der Waals surface area contributed by atoms with E-state index in [1.165, 1.54) is 0 Å². The van der Waals surface area contributed by atoms with E-state index in [1.54, 1.807) is 57.2 Å². The Balaban J connectivity index is 2.27. The molecule has 3 aromatic rings. The first-order valence-electron chi connectivity index (χ1n) is 7.02. The lowest BCUT2D eigenvalue weighted by Gasteiger charge is -2.13. The highest BCUT2D eigenvalue weighted by molar-refractivity contribution is 6.29. The van der Waals surface area contributed by atoms with Crippen LogP contribution in [0.1, 0.15) is 0 Å². The van der Waals surface area contributed by atoms with E-state index in [-0.39, 0.29) is 0 Å². The zero-order chi connectivity index (χ0) is 17.3. The van der Waals surface area contributed by atoms with E-state index in [0.29, 0.717) is 39.6 Å². The highest BCUT2D eigenvalue weighted by Crippen LogP contribution is 2.42. The van der Waals surface area contributed by atoms with Gasteiger partial charge < -0.3 is 18.9 Å². The second-order valence-electron chi connectivity index (χ2n) is 4.81. The van der Waals surface area contributed by atoms with Crippen molar-refractivity contribution in [1.29, 1.82) is 0 Å². The van der Waals surface area contributed by atoms with Crippen LogP contribution in [-0.4, -0.2) is 43.0 Å². The summed E-state index contributed by atoms with van der Waals surface area (Å²) < 4.78 is 23.1. The summed E-state index contributed by atoms with van der Waals surface area (Å²) in [6.45, 7) is 0. The van der Waals surface area contributed by atoms with Crippen molar-refractivity contribution in [3.8, 4) is 34.4 Å². The summed E-state index contributed by atoms with van der Waals surface area (Å²) in [6.07, 6.45) is 0. The van der Waals surface area contributed by atoms with Crippen molar-refractivity contribution in [3.05, 3.63) is 29.4 Å². The molecule has 3 rings (SSSR count). The fourth-order valence-electron chi connectivity index (χ4n) is 2.48. The van der Waals surface area contributed by atoms with Crippen LogP contribution in [0.5, 0.6) is 23.1 Å². The normalized spacial score (nSPS) is 10.7. The summed E-state index contributed by atoms with van der Waals surface area (Å²) in [5.74, 6) is 2.02. The van der Waals surface area contributed by atoms with Gasteiger partial charge in [0.1, 0.15) is 10.8 Å². The topological polar surface area (TPSA) is 67.1 Å². The van der Waals surface area contributed by atoms with E-state index in [2.05, 4.69) is 10.1 Å². The molecule has 8 heteroatoms. The van der Waals surface area contributed by atoms with Gasteiger partial charge in [0, 0.05) is 5.56 Å². The van der Waals surface area contributed by atoms with E-state index >= 15 is 0 Å². The molecule has 0 spiro atoms. The minimum Gasteiger partial charge on any atom is -0.493 e. The van der Waals surface area contributed by atoms with Gasteiger partial charge in [-0.3, -0.25) is 0 Å². The van der Waals surface area contributed by atoms with Gasteiger partial charge in [-0.15, -0.1) is 0 Å². The van der Waals surface area contributed by atoms with Crippen LogP contribution in [0.3, 0.4) is 0 Å². The van der Waals surface area contributed by atoms with Gasteiger partial charge in [-0.05, 0) is 24.3 Å². The van der Waals surface area contributed by atoms with Crippen LogP contribution in [0.15, 0.2) is 24.3 Å². The van der Waals surface area contributed by atoms with E-state index in [4.69, 9.17) is 30.5 Å². The molecule has 126 valence electrons. The highest BCUT2D eigenvalue weighted by Gasteiger charge is 2.20. The van der Waals surface area contributed by atoms with Gasteiger partial charge in [0.15, 0.2) is 17.1 Å². The van der Waals surface area contributed by atoms with E-state index in [0.717, 1.165) is 5.56 Å². The molecule has 1 aromatic carbocycles. The summed E-state index contributed by atoms with van der Waals surface area (Å²) >= 11 is 5.97. The molecule has 0 radical (unpaired) electrons. The lowest BCUT2D eigenvalue weighted by atomic mass is 10.1. The molecular formula is C16H16ClN3O4. The average Bonchev–Trinajstić information content (AvgIpc) is 2.97. The number of nitrogens with zero attached hydrogens (tertiary/aromatic N) is 3. The summed E-state index contributed by atoms with van der Waals surface area (Å²) in [6, 6.07) is 7.03. The van der Waals surface area contributed by atoms with Crippen molar-refractivity contribution < 1.29 is 18.9 Å². The first-order chi connectivity index (χ1) is 11.6. The maximum atomic E-state index is 5.97. The van der Waals surface area contributed by atoms with E-state index in [1.807, 2.05) is 0 Å². The van der Waals surface area contributed by atoms with Gasteiger partial charge >= 0.3 is 0 Å². The predicted molar refractivity (Wildman–Crippen MR) is 89.6 cm³/mol. The molecule has 7 nitrogen and oxygen atoms in total. The van der Waals surface area contributed by atoms with Gasteiger partial charge in [-0.2, -0.15) is 9.61 Å². The fourth-order valence-corrected chi connectivity index (χ4v) is 2.62. The van der Waals surface area contributed by atoms with Crippen LogP contribution in [0.2, 0.25) is 5.15 Å². The minimum atomic E-state index is 0.342. The number of fused-ring (bicyclic) bond motifs is 1. The predicted octanol–water partition coefficient (Wildman–Crippen LogP) is 3.08. The Hall–Kier alpha value is -2.67. The van der Waals surface area contributed by atoms with Crippen molar-refractivity contribution in [1.82, 2.24) is 14.6 Å². The monoisotopic (exact) mass is 349 g/mol. The molecule has 0 saturated heterocycles. The molecule has 0 atom stereocenters. The molecule has 0 aliphatic carbocycles. The number of hydrogen-bond acceptors (Lipinski definition) is 6. The lowest BCUT2D eigenvalue weighted by molar-refractivity contribution is 0.324. The van der Waals surface area contributed by atoms with Gasteiger partial charge in [-0.25, -0.2) is 4.98 Å². The zero-order valence-corrected chi connectivity index (χ0v) is 14.4. The summed E-state index contributed by atoms with van der Waals surface area (Å²) in [4.78, 5) is 4.57. The van der Waals surface area contributed by atoms with Crippen molar-refractivity contribution >= 4 is 17.2 Å². The molecule has 24 heavy (non-hydrogen) atoms. The van der Waals surface area contributed by atoms with Gasteiger partial charge in [-0.1, -0.05) is 11.6 Å². The fraction of sp³-hybridized carbons (Fsp3) is 0.250. The van der Waals surface area contributed by atoms with Crippen LogP contribution in [0, 0.1) is 0 Å². The standard InChI is InChI=1S/C16H16ClN3O4/c1-21-10-7-9(8-11(22-2)15(10)23-3)14-16(24-4)20-13(18-14)6-5-12(17)19-20/h5-8H,1-4H3. The smallest absolute Gasteiger partial charge is 0.243 e. The molecular weight excluding hydrogens is 334 g/mol. The molecule has 0 amide bonds. The number of ether oxygens (including phenoxy) is 4. The second kappa shape index (κ2) is 6.45. The molecule has 0 unspecified atom stereocenters. The maximum Gasteiger partial charge on any atom is 0.243 e. The quantitative estimate of drug-likeness (QED) is 0.705. The number of benzene rings is 1. The Bertz CT molecular complexity index is 869. The van der Waals surface area contributed by atoms with Gasteiger partial charge in [0.2, 0.25) is 11.6 Å². The van der Waals surface area contributed by atoms with Crippen molar-refractivity contribution in [2.45, 2.75) is 0 Å². The summed E-state index contributed by atoms with van der Waals surface area (Å²) in [7, 11) is 6.22. The van der Waals surface area contributed by atoms with Crippen LogP contribution < -0.4 is 18.9 Å². The Kier molecular flexibility index (Phi) is 4.35. The van der Waals surface area contributed by atoms with Crippen LogP contribution in [0.25, 0.3) is 16.9 Å². The third kappa shape index (κ3) is 2.56. The maximum absolute atomic E-state index is 5.97.